The maximum atomic E-state index is 12.5. The number of morpholine rings is 1. The molecule has 0 unspecified atom stereocenters. The fourth-order valence-electron chi connectivity index (χ4n) is 4.74. The number of likely N-dealkylation sites (N-methyl/N-ethyl adjacent to an activating group) is 1. The van der Waals surface area contributed by atoms with Crippen molar-refractivity contribution >= 4 is 50.5 Å². The van der Waals surface area contributed by atoms with Crippen LogP contribution in [-0.4, -0.2) is 73.2 Å². The molecule has 0 saturated carbocycles. The molecule has 2 amide bonds. The number of benzene rings is 1. The van der Waals surface area contributed by atoms with Gasteiger partial charge in [0.15, 0.2) is 5.82 Å². The second kappa shape index (κ2) is 10.9. The molecule has 3 aromatic heterocycles. The van der Waals surface area contributed by atoms with Gasteiger partial charge in [-0.3, -0.25) is 19.8 Å². The van der Waals surface area contributed by atoms with Gasteiger partial charge in [0.1, 0.15) is 28.7 Å². The van der Waals surface area contributed by atoms with Gasteiger partial charge in [0.05, 0.1) is 23.5 Å². The molecule has 5 heterocycles. The predicted molar refractivity (Wildman–Crippen MR) is 153 cm³/mol. The van der Waals surface area contributed by atoms with Crippen LogP contribution in [0.1, 0.15) is 5.56 Å². The van der Waals surface area contributed by atoms with Gasteiger partial charge in [0, 0.05) is 37.6 Å². The van der Waals surface area contributed by atoms with Crippen molar-refractivity contribution in [2.75, 3.05) is 51.4 Å². The van der Waals surface area contributed by atoms with Gasteiger partial charge in [-0.2, -0.15) is 0 Å². The van der Waals surface area contributed by atoms with Gasteiger partial charge in [-0.25, -0.2) is 9.97 Å². The first-order chi connectivity index (χ1) is 19.0. The van der Waals surface area contributed by atoms with Crippen LogP contribution < -0.4 is 15.0 Å². The van der Waals surface area contributed by atoms with Gasteiger partial charge in [-0.05, 0) is 53.8 Å². The summed E-state index contributed by atoms with van der Waals surface area (Å²) in [6.45, 7) is 7.00. The van der Waals surface area contributed by atoms with Crippen LogP contribution in [-0.2, 0) is 14.3 Å². The molecule has 1 fully saturated rings. The van der Waals surface area contributed by atoms with E-state index in [-0.39, 0.29) is 5.70 Å². The summed E-state index contributed by atoms with van der Waals surface area (Å²) < 4.78 is 11.4. The first kappa shape index (κ1) is 25.6. The number of thiophene rings is 2. The number of anilines is 1. The van der Waals surface area contributed by atoms with Crippen molar-refractivity contribution in [2.24, 2.45) is 0 Å². The molecule has 0 spiro atoms. The Morgan fingerprint density at radius 3 is 2.62 bits per heavy atom. The van der Waals surface area contributed by atoms with Crippen molar-refractivity contribution < 1.29 is 19.1 Å². The molecule has 1 N–H and O–H groups in total. The second-order valence-electron chi connectivity index (χ2n) is 9.32. The average molecular weight is 562 g/mol. The minimum absolute atomic E-state index is 0.253. The van der Waals surface area contributed by atoms with Crippen LogP contribution in [0, 0.1) is 6.92 Å². The Labute approximate surface area is 233 Å². The van der Waals surface area contributed by atoms with Crippen LogP contribution >= 0.6 is 22.7 Å². The van der Waals surface area contributed by atoms with Crippen molar-refractivity contribution in [2.45, 2.75) is 6.92 Å². The van der Waals surface area contributed by atoms with Crippen LogP contribution in [0.15, 0.2) is 53.6 Å². The maximum absolute atomic E-state index is 12.5. The molecule has 39 heavy (non-hydrogen) atoms. The van der Waals surface area contributed by atoms with Crippen LogP contribution in [0.5, 0.6) is 5.75 Å². The first-order valence-electron chi connectivity index (χ1n) is 12.7. The van der Waals surface area contributed by atoms with Crippen LogP contribution in [0.4, 0.5) is 5.82 Å². The summed E-state index contributed by atoms with van der Waals surface area (Å²) in [5.74, 6) is 1.13. The number of imide groups is 1. The van der Waals surface area contributed by atoms with Gasteiger partial charge in [0.2, 0.25) is 0 Å². The highest BCUT2D eigenvalue weighted by molar-refractivity contribution is 7.22. The summed E-state index contributed by atoms with van der Waals surface area (Å²) in [6, 6.07) is 12.0. The summed E-state index contributed by atoms with van der Waals surface area (Å²) in [4.78, 5) is 40.9. The van der Waals surface area contributed by atoms with E-state index in [0.717, 1.165) is 69.7 Å². The molecule has 200 valence electrons. The van der Waals surface area contributed by atoms with Gasteiger partial charge in [-0.15, -0.1) is 22.7 Å². The van der Waals surface area contributed by atoms with E-state index in [1.165, 1.54) is 6.08 Å². The number of amides is 2. The molecule has 2 aliphatic heterocycles. The number of carbonyl (C=O) groups excluding carboxylic acids is 2. The SMILES string of the molecule is Cc1c(-c2ccc(OCCN3CCOCC3)cc2)sc2nc(-c3cccs3)nc(N(C)C3=CC(=O)NC3=O)c12. The van der Waals surface area contributed by atoms with E-state index in [1.807, 2.05) is 36.6 Å². The molecular weight excluding hydrogens is 534 g/mol. The summed E-state index contributed by atoms with van der Waals surface area (Å²) in [5.41, 5.74) is 2.32. The highest BCUT2D eigenvalue weighted by atomic mass is 32.1. The number of hydrogen-bond acceptors (Lipinski definition) is 10. The normalized spacial score (nSPS) is 16.0. The number of fused-ring (bicyclic) bond motifs is 1. The van der Waals surface area contributed by atoms with Gasteiger partial charge < -0.3 is 14.4 Å². The topological polar surface area (TPSA) is 96.9 Å². The minimum Gasteiger partial charge on any atom is -0.492 e. The molecule has 6 rings (SSSR count). The number of nitrogens with one attached hydrogen (secondary N) is 1. The quantitative estimate of drug-likeness (QED) is 0.322. The van der Waals surface area contributed by atoms with Crippen molar-refractivity contribution in [3.05, 3.63) is 59.1 Å². The Bertz CT molecular complexity index is 1560. The third kappa shape index (κ3) is 5.18. The standard InChI is InChI=1S/C28H27N5O4S2/c1-17-23-26(32(2)20-16-22(34)29-27(20)35)30-25(21-4-3-15-38-21)31-28(23)39-24(17)18-5-7-19(8-6-18)37-14-11-33-9-12-36-13-10-33/h3-8,15-16H,9-14H2,1-2H3,(H,29,34,35). The van der Waals surface area contributed by atoms with E-state index in [0.29, 0.717) is 18.2 Å². The van der Waals surface area contributed by atoms with Crippen molar-refractivity contribution in [1.29, 1.82) is 0 Å². The zero-order valence-electron chi connectivity index (χ0n) is 21.6. The van der Waals surface area contributed by atoms with Crippen LogP contribution in [0.3, 0.4) is 0 Å². The Balaban J connectivity index is 1.32. The summed E-state index contributed by atoms with van der Waals surface area (Å²) in [6.07, 6.45) is 1.31. The largest absolute Gasteiger partial charge is 0.492 e. The highest BCUT2D eigenvalue weighted by Crippen LogP contribution is 2.43. The Morgan fingerprint density at radius 2 is 1.92 bits per heavy atom. The predicted octanol–water partition coefficient (Wildman–Crippen LogP) is 4.08. The van der Waals surface area contributed by atoms with E-state index in [9.17, 15) is 9.59 Å². The lowest BCUT2D eigenvalue weighted by molar-refractivity contribution is -0.123. The number of hydrogen-bond donors (Lipinski definition) is 1. The number of carbonyl (C=O) groups is 2. The fraction of sp³-hybridized carbons (Fsp3) is 0.286. The third-order valence-electron chi connectivity index (χ3n) is 6.83. The van der Waals surface area contributed by atoms with Crippen LogP contribution in [0.2, 0.25) is 0 Å². The summed E-state index contributed by atoms with van der Waals surface area (Å²) >= 11 is 3.14. The molecule has 1 aromatic carbocycles. The number of aryl methyl sites for hydroxylation is 1. The highest BCUT2D eigenvalue weighted by Gasteiger charge is 2.28. The number of nitrogens with zero attached hydrogens (tertiary/aromatic N) is 4. The minimum atomic E-state index is -0.441. The van der Waals surface area contributed by atoms with Crippen molar-refractivity contribution in [1.82, 2.24) is 20.2 Å². The van der Waals surface area contributed by atoms with Gasteiger partial charge in [0.25, 0.3) is 11.8 Å². The van der Waals surface area contributed by atoms with Gasteiger partial charge >= 0.3 is 0 Å². The van der Waals surface area contributed by atoms with E-state index in [1.54, 1.807) is 34.6 Å². The van der Waals surface area contributed by atoms with Crippen molar-refractivity contribution in [3.8, 4) is 26.9 Å². The number of aromatic nitrogens is 2. The fourth-order valence-corrected chi connectivity index (χ4v) is 6.58. The third-order valence-corrected chi connectivity index (χ3v) is 8.93. The lowest BCUT2D eigenvalue weighted by Gasteiger charge is -2.26. The van der Waals surface area contributed by atoms with Crippen LogP contribution in [0.25, 0.3) is 31.4 Å². The molecule has 0 atom stereocenters. The second-order valence-corrected chi connectivity index (χ2v) is 11.3. The number of ether oxygens (including phenoxy) is 2. The molecule has 1 saturated heterocycles. The van der Waals surface area contributed by atoms with E-state index < -0.39 is 11.8 Å². The molecular formula is C28H27N5O4S2. The van der Waals surface area contributed by atoms with Gasteiger partial charge in [-0.1, -0.05) is 6.07 Å². The number of rotatable bonds is 8. The smallest absolute Gasteiger partial charge is 0.274 e. The first-order valence-corrected chi connectivity index (χ1v) is 14.4. The Morgan fingerprint density at radius 1 is 1.13 bits per heavy atom. The molecule has 4 aromatic rings. The zero-order chi connectivity index (χ0) is 26.9. The Kier molecular flexibility index (Phi) is 7.13. The average Bonchev–Trinajstić information content (AvgIpc) is 3.68. The monoisotopic (exact) mass is 561 g/mol. The molecule has 11 heteroatoms. The zero-order valence-corrected chi connectivity index (χ0v) is 23.2. The van der Waals surface area contributed by atoms with E-state index in [4.69, 9.17) is 19.4 Å². The molecule has 0 radical (unpaired) electrons. The summed E-state index contributed by atoms with van der Waals surface area (Å²) in [5, 5.41) is 5.16. The van der Waals surface area contributed by atoms with E-state index in [2.05, 4.69) is 22.3 Å². The molecule has 2 aliphatic rings. The summed E-state index contributed by atoms with van der Waals surface area (Å²) in [7, 11) is 1.75. The Hall–Kier alpha value is -3.64. The molecule has 0 aliphatic carbocycles. The lowest BCUT2D eigenvalue weighted by Crippen LogP contribution is -2.38. The molecule has 9 nitrogen and oxygen atoms in total. The maximum Gasteiger partial charge on any atom is 0.274 e. The van der Waals surface area contributed by atoms with Crippen molar-refractivity contribution in [3.63, 3.8) is 0 Å². The lowest BCUT2D eigenvalue weighted by atomic mass is 10.1. The molecule has 0 bridgehead atoms. The van der Waals surface area contributed by atoms with E-state index >= 15 is 0 Å².